The molecule has 0 aliphatic rings. The van der Waals surface area contributed by atoms with E-state index in [9.17, 15) is 5.11 Å². The van der Waals surface area contributed by atoms with Gasteiger partial charge in [-0.25, -0.2) is 4.63 Å². The van der Waals surface area contributed by atoms with Crippen LogP contribution in [0.25, 0.3) is 0 Å². The quantitative estimate of drug-likeness (QED) is 0.419. The summed E-state index contributed by atoms with van der Waals surface area (Å²) in [6.07, 6.45) is 1.42. The van der Waals surface area contributed by atoms with Crippen molar-refractivity contribution in [3.63, 3.8) is 0 Å². The topological polar surface area (TPSA) is 145 Å². The Labute approximate surface area is 127 Å². The first kappa shape index (κ1) is 14.8. The standard InChI is InChI=1S/C11H11BrN6O3/c1-20-7-3-5(2-6(12)9(7)19)4-15-16-10(13)8-11(14)18-21-17-8/h2-4,19H,1H3,(H2,13,16)(H2,14,18). The predicted octanol–water partition coefficient (Wildman–Crippen LogP) is 0.868. The predicted molar refractivity (Wildman–Crippen MR) is 79.4 cm³/mol. The van der Waals surface area contributed by atoms with Crippen molar-refractivity contribution in [2.45, 2.75) is 0 Å². The van der Waals surface area contributed by atoms with Crippen LogP contribution in [-0.4, -0.2) is 34.6 Å². The second kappa shape index (κ2) is 6.22. The monoisotopic (exact) mass is 354 g/mol. The van der Waals surface area contributed by atoms with Gasteiger partial charge in [-0.3, -0.25) is 0 Å². The van der Waals surface area contributed by atoms with Gasteiger partial charge in [0.2, 0.25) is 0 Å². The molecule has 0 bridgehead atoms. The van der Waals surface area contributed by atoms with Crippen LogP contribution in [0.3, 0.4) is 0 Å². The van der Waals surface area contributed by atoms with Gasteiger partial charge in [0.05, 0.1) is 17.8 Å². The van der Waals surface area contributed by atoms with E-state index in [1.807, 2.05) is 0 Å². The fourth-order valence-electron chi connectivity index (χ4n) is 1.40. The Bertz CT molecular complexity index is 712. The molecule has 10 heteroatoms. The fourth-order valence-corrected chi connectivity index (χ4v) is 1.86. The molecule has 0 fully saturated rings. The first-order valence-corrected chi connectivity index (χ1v) is 6.33. The summed E-state index contributed by atoms with van der Waals surface area (Å²) in [4.78, 5) is 0. The van der Waals surface area contributed by atoms with E-state index in [4.69, 9.17) is 16.2 Å². The molecule has 0 aliphatic heterocycles. The molecule has 0 atom stereocenters. The molecule has 0 unspecified atom stereocenters. The number of hydrogen-bond donors (Lipinski definition) is 3. The molecule has 0 radical (unpaired) electrons. The number of phenolic OH excluding ortho intramolecular Hbond substituents is 1. The number of halogens is 1. The molecule has 2 rings (SSSR count). The van der Waals surface area contributed by atoms with E-state index in [-0.39, 0.29) is 23.1 Å². The molecule has 1 heterocycles. The van der Waals surface area contributed by atoms with Crippen LogP contribution in [0.1, 0.15) is 11.3 Å². The minimum atomic E-state index is -0.0326. The summed E-state index contributed by atoms with van der Waals surface area (Å²) in [6.45, 7) is 0. The van der Waals surface area contributed by atoms with Crippen molar-refractivity contribution in [2.75, 3.05) is 12.8 Å². The zero-order chi connectivity index (χ0) is 15.4. The minimum absolute atomic E-state index is 0.000824. The Kier molecular flexibility index (Phi) is 4.38. The lowest BCUT2D eigenvalue weighted by atomic mass is 10.2. The largest absolute Gasteiger partial charge is 0.503 e. The van der Waals surface area contributed by atoms with Gasteiger partial charge in [-0.2, -0.15) is 5.10 Å². The lowest BCUT2D eigenvalue weighted by Crippen LogP contribution is -2.15. The molecule has 21 heavy (non-hydrogen) atoms. The number of hydrogen-bond acceptors (Lipinski definition) is 8. The van der Waals surface area contributed by atoms with Gasteiger partial charge in [-0.15, -0.1) is 5.10 Å². The lowest BCUT2D eigenvalue weighted by Gasteiger charge is -2.05. The number of nitrogens with zero attached hydrogens (tertiary/aromatic N) is 4. The molecule has 0 spiro atoms. The second-order valence-corrected chi connectivity index (χ2v) is 4.64. The van der Waals surface area contributed by atoms with Crippen molar-refractivity contribution >= 4 is 33.8 Å². The number of aromatic hydroxyl groups is 1. The van der Waals surface area contributed by atoms with Gasteiger partial charge < -0.3 is 21.3 Å². The molecular weight excluding hydrogens is 344 g/mol. The minimum Gasteiger partial charge on any atom is -0.503 e. The average Bonchev–Trinajstić information content (AvgIpc) is 2.88. The maximum Gasteiger partial charge on any atom is 0.199 e. The average molecular weight is 355 g/mol. The van der Waals surface area contributed by atoms with Crippen molar-refractivity contribution in [1.82, 2.24) is 10.3 Å². The molecule has 5 N–H and O–H groups in total. The zero-order valence-corrected chi connectivity index (χ0v) is 12.4. The summed E-state index contributed by atoms with van der Waals surface area (Å²) >= 11 is 3.20. The maximum absolute atomic E-state index is 9.69. The van der Waals surface area contributed by atoms with E-state index >= 15 is 0 Å². The number of ether oxygens (including phenoxy) is 1. The van der Waals surface area contributed by atoms with Gasteiger partial charge in [0.25, 0.3) is 0 Å². The molecule has 1 aromatic heterocycles. The molecule has 0 saturated carbocycles. The van der Waals surface area contributed by atoms with Gasteiger partial charge in [0.15, 0.2) is 28.8 Å². The third-order valence-corrected chi connectivity index (χ3v) is 3.00. The highest BCUT2D eigenvalue weighted by molar-refractivity contribution is 9.10. The summed E-state index contributed by atoms with van der Waals surface area (Å²) in [5.41, 5.74) is 11.9. The first-order chi connectivity index (χ1) is 10.0. The highest BCUT2D eigenvalue weighted by atomic mass is 79.9. The van der Waals surface area contributed by atoms with Crippen molar-refractivity contribution in [2.24, 2.45) is 15.9 Å². The highest BCUT2D eigenvalue weighted by Crippen LogP contribution is 2.34. The van der Waals surface area contributed by atoms with Crippen molar-refractivity contribution in [3.05, 3.63) is 27.9 Å². The second-order valence-electron chi connectivity index (χ2n) is 3.78. The van der Waals surface area contributed by atoms with E-state index < -0.39 is 0 Å². The van der Waals surface area contributed by atoms with Crippen LogP contribution in [0.2, 0.25) is 0 Å². The Morgan fingerprint density at radius 3 is 2.86 bits per heavy atom. The molecule has 2 aromatic rings. The van der Waals surface area contributed by atoms with Crippen LogP contribution in [0, 0.1) is 0 Å². The number of anilines is 1. The van der Waals surface area contributed by atoms with Gasteiger partial charge in [-0.05, 0) is 43.9 Å². The molecule has 0 saturated heterocycles. The highest BCUT2D eigenvalue weighted by Gasteiger charge is 2.10. The Morgan fingerprint density at radius 1 is 1.48 bits per heavy atom. The van der Waals surface area contributed by atoms with Crippen LogP contribution in [-0.2, 0) is 0 Å². The molecule has 0 amide bonds. The fraction of sp³-hybridized carbons (Fsp3) is 0.0909. The van der Waals surface area contributed by atoms with Gasteiger partial charge in [-0.1, -0.05) is 0 Å². The zero-order valence-electron chi connectivity index (χ0n) is 10.8. The van der Waals surface area contributed by atoms with Crippen LogP contribution in [0.4, 0.5) is 5.82 Å². The third kappa shape index (κ3) is 3.28. The number of aromatic nitrogens is 2. The smallest absolute Gasteiger partial charge is 0.199 e. The third-order valence-electron chi connectivity index (χ3n) is 2.40. The van der Waals surface area contributed by atoms with Crippen molar-refractivity contribution in [1.29, 1.82) is 0 Å². The normalized spacial score (nSPS) is 12.0. The van der Waals surface area contributed by atoms with E-state index in [2.05, 4.69) is 41.1 Å². The number of amidine groups is 1. The summed E-state index contributed by atoms with van der Waals surface area (Å²) < 4.78 is 9.88. The number of methoxy groups -OCH3 is 1. The van der Waals surface area contributed by atoms with Crippen molar-refractivity contribution < 1.29 is 14.5 Å². The number of nitrogens with two attached hydrogens (primary N) is 2. The number of phenols is 1. The van der Waals surface area contributed by atoms with E-state index in [1.165, 1.54) is 13.3 Å². The van der Waals surface area contributed by atoms with Crippen molar-refractivity contribution in [3.8, 4) is 11.5 Å². The Balaban J connectivity index is 2.22. The summed E-state index contributed by atoms with van der Waals surface area (Å²) in [5, 5.41) is 24.1. The number of benzene rings is 1. The molecule has 1 aromatic carbocycles. The molecular formula is C11H11BrN6O3. The maximum atomic E-state index is 9.69. The summed E-state index contributed by atoms with van der Waals surface area (Å²) in [6, 6.07) is 3.22. The molecule has 0 aliphatic carbocycles. The molecule has 110 valence electrons. The van der Waals surface area contributed by atoms with Crippen LogP contribution >= 0.6 is 15.9 Å². The first-order valence-electron chi connectivity index (χ1n) is 5.54. The van der Waals surface area contributed by atoms with Crippen LogP contribution in [0.5, 0.6) is 11.5 Å². The number of nitrogen functional groups attached to an aromatic ring is 1. The molecule has 9 nitrogen and oxygen atoms in total. The van der Waals surface area contributed by atoms with E-state index in [0.29, 0.717) is 15.8 Å². The Morgan fingerprint density at radius 2 is 2.24 bits per heavy atom. The van der Waals surface area contributed by atoms with Gasteiger partial charge in [0.1, 0.15) is 0 Å². The summed E-state index contributed by atoms with van der Waals surface area (Å²) in [5.74, 6) is 0.294. The SMILES string of the molecule is COc1cc(C=NN=C(N)c2nonc2N)cc(Br)c1O. The Hall–Kier alpha value is -2.62. The van der Waals surface area contributed by atoms with Crippen LogP contribution in [0.15, 0.2) is 31.4 Å². The van der Waals surface area contributed by atoms with Gasteiger partial charge in [0, 0.05) is 0 Å². The van der Waals surface area contributed by atoms with E-state index in [0.717, 1.165) is 0 Å². The van der Waals surface area contributed by atoms with Gasteiger partial charge >= 0.3 is 0 Å². The van der Waals surface area contributed by atoms with E-state index in [1.54, 1.807) is 12.1 Å². The summed E-state index contributed by atoms with van der Waals surface area (Å²) in [7, 11) is 1.44. The lowest BCUT2D eigenvalue weighted by molar-refractivity contribution is 0.308. The van der Waals surface area contributed by atoms with Crippen LogP contribution < -0.4 is 16.2 Å². The number of rotatable bonds is 4.